The number of carbonyl (C=O) groups excluding carboxylic acids is 1. The van der Waals surface area contributed by atoms with E-state index in [0.29, 0.717) is 25.7 Å². The van der Waals surface area contributed by atoms with Gasteiger partial charge in [0.05, 0.1) is 26.3 Å². The Hall–Kier alpha value is -3.33. The SMILES string of the molecule is COc1cc(/C=C(/C#N)C(=O)Nc2ccc([N+](=O)[O-])cc2Cl)cc(I)c1OCc1ccccc1Cl. The van der Waals surface area contributed by atoms with Gasteiger partial charge >= 0.3 is 0 Å². The second kappa shape index (κ2) is 11.9. The number of nitro groups is 1. The number of non-ortho nitro benzene ring substituents is 1. The Kier molecular flexibility index (Phi) is 8.92. The smallest absolute Gasteiger partial charge is 0.271 e. The molecule has 0 aliphatic heterocycles. The van der Waals surface area contributed by atoms with E-state index in [0.717, 1.165) is 11.6 Å². The van der Waals surface area contributed by atoms with E-state index in [1.165, 1.54) is 25.3 Å². The van der Waals surface area contributed by atoms with Crippen LogP contribution in [0.4, 0.5) is 11.4 Å². The molecule has 0 fully saturated rings. The van der Waals surface area contributed by atoms with Crippen LogP contribution in [0.25, 0.3) is 6.08 Å². The van der Waals surface area contributed by atoms with Crippen LogP contribution >= 0.6 is 45.8 Å². The van der Waals surface area contributed by atoms with Crippen molar-refractivity contribution in [2.75, 3.05) is 12.4 Å². The van der Waals surface area contributed by atoms with E-state index in [1.54, 1.807) is 18.2 Å². The molecule has 0 saturated carbocycles. The maximum Gasteiger partial charge on any atom is 0.271 e. The number of nitro benzene ring substituents is 1. The second-order valence-electron chi connectivity index (χ2n) is 6.96. The molecule has 0 aromatic heterocycles. The number of methoxy groups -OCH3 is 1. The third kappa shape index (κ3) is 6.63. The molecule has 0 radical (unpaired) electrons. The van der Waals surface area contributed by atoms with Gasteiger partial charge in [0.15, 0.2) is 11.5 Å². The molecule has 0 spiro atoms. The molecule has 0 heterocycles. The van der Waals surface area contributed by atoms with Gasteiger partial charge in [0, 0.05) is 22.7 Å². The number of nitrogens with one attached hydrogen (secondary N) is 1. The lowest BCUT2D eigenvalue weighted by Gasteiger charge is -2.14. The van der Waals surface area contributed by atoms with E-state index in [1.807, 2.05) is 24.3 Å². The highest BCUT2D eigenvalue weighted by Gasteiger charge is 2.16. The van der Waals surface area contributed by atoms with Crippen molar-refractivity contribution in [1.82, 2.24) is 0 Å². The number of nitriles is 1. The van der Waals surface area contributed by atoms with Crippen LogP contribution in [0.5, 0.6) is 11.5 Å². The average molecular weight is 624 g/mol. The van der Waals surface area contributed by atoms with Crippen LogP contribution in [0.1, 0.15) is 11.1 Å². The summed E-state index contributed by atoms with van der Waals surface area (Å²) in [6, 6.07) is 16.1. The van der Waals surface area contributed by atoms with Crippen LogP contribution < -0.4 is 14.8 Å². The van der Waals surface area contributed by atoms with Crippen LogP contribution in [-0.2, 0) is 11.4 Å². The van der Waals surface area contributed by atoms with Gasteiger partial charge < -0.3 is 14.8 Å². The fraction of sp³-hybridized carbons (Fsp3) is 0.0833. The minimum absolute atomic E-state index is 0.0268. The Morgan fingerprint density at radius 2 is 1.94 bits per heavy atom. The molecule has 0 unspecified atom stereocenters. The minimum Gasteiger partial charge on any atom is -0.493 e. The first-order chi connectivity index (χ1) is 16.7. The van der Waals surface area contributed by atoms with Gasteiger partial charge in [-0.15, -0.1) is 0 Å². The Bertz CT molecular complexity index is 1370. The molecular weight excluding hydrogens is 608 g/mol. The summed E-state index contributed by atoms with van der Waals surface area (Å²) in [4.78, 5) is 22.9. The predicted octanol–water partition coefficient (Wildman–Crippen LogP) is 6.64. The van der Waals surface area contributed by atoms with Gasteiger partial charge in [-0.25, -0.2) is 0 Å². The molecule has 1 amide bonds. The molecule has 1 N–H and O–H groups in total. The van der Waals surface area contributed by atoms with Crippen molar-refractivity contribution in [3.63, 3.8) is 0 Å². The number of amides is 1. The number of benzene rings is 3. The summed E-state index contributed by atoms with van der Waals surface area (Å²) in [5, 5.41) is 23.4. The van der Waals surface area contributed by atoms with E-state index >= 15 is 0 Å². The maximum atomic E-state index is 12.7. The Labute approximate surface area is 224 Å². The van der Waals surface area contributed by atoms with E-state index in [4.69, 9.17) is 32.7 Å². The van der Waals surface area contributed by atoms with E-state index in [2.05, 4.69) is 27.9 Å². The topological polar surface area (TPSA) is 114 Å². The van der Waals surface area contributed by atoms with Gasteiger partial charge in [-0.2, -0.15) is 5.26 Å². The molecule has 0 aliphatic rings. The summed E-state index contributed by atoms with van der Waals surface area (Å²) in [6.45, 7) is 0.225. The standard InChI is InChI=1S/C24H16Cl2IN3O5/c1-34-22-10-14(9-20(27)23(22)35-13-15-4-2-3-5-18(15)25)8-16(12-28)24(31)29-21-7-6-17(30(32)33)11-19(21)26/h2-11H,13H2,1H3,(H,29,31)/b16-8-. The number of hydrogen-bond acceptors (Lipinski definition) is 6. The highest BCUT2D eigenvalue weighted by molar-refractivity contribution is 14.1. The minimum atomic E-state index is -0.726. The molecule has 8 nitrogen and oxygen atoms in total. The first kappa shape index (κ1) is 26.3. The lowest BCUT2D eigenvalue weighted by molar-refractivity contribution is -0.384. The van der Waals surface area contributed by atoms with Crippen molar-refractivity contribution in [3.05, 3.63) is 95.0 Å². The van der Waals surface area contributed by atoms with Crippen molar-refractivity contribution in [1.29, 1.82) is 5.26 Å². The summed E-state index contributed by atoms with van der Waals surface area (Å²) < 4.78 is 12.1. The van der Waals surface area contributed by atoms with Crippen molar-refractivity contribution >= 4 is 69.2 Å². The van der Waals surface area contributed by atoms with Crippen molar-refractivity contribution < 1.29 is 19.2 Å². The van der Waals surface area contributed by atoms with Crippen LogP contribution in [0, 0.1) is 25.0 Å². The zero-order valence-corrected chi connectivity index (χ0v) is 21.7. The van der Waals surface area contributed by atoms with Crippen molar-refractivity contribution in [3.8, 4) is 17.6 Å². The highest BCUT2D eigenvalue weighted by atomic mass is 127. The third-order valence-electron chi connectivity index (χ3n) is 4.67. The zero-order chi connectivity index (χ0) is 25.5. The number of hydrogen-bond donors (Lipinski definition) is 1. The first-order valence-electron chi connectivity index (χ1n) is 9.84. The monoisotopic (exact) mass is 623 g/mol. The fourth-order valence-corrected chi connectivity index (χ4v) is 4.15. The molecule has 0 saturated heterocycles. The van der Waals surface area contributed by atoms with E-state index in [9.17, 15) is 20.2 Å². The summed E-state index contributed by atoms with van der Waals surface area (Å²) in [7, 11) is 1.48. The lowest BCUT2D eigenvalue weighted by Crippen LogP contribution is -2.13. The molecule has 0 bridgehead atoms. The zero-order valence-electron chi connectivity index (χ0n) is 18.1. The van der Waals surface area contributed by atoms with Crippen LogP contribution in [0.3, 0.4) is 0 Å². The largest absolute Gasteiger partial charge is 0.493 e. The van der Waals surface area contributed by atoms with E-state index in [-0.39, 0.29) is 28.6 Å². The number of halogens is 3. The van der Waals surface area contributed by atoms with Crippen molar-refractivity contribution in [2.45, 2.75) is 6.61 Å². The van der Waals surface area contributed by atoms with Crippen LogP contribution in [0.15, 0.2) is 60.2 Å². The lowest BCUT2D eigenvalue weighted by atomic mass is 10.1. The number of rotatable bonds is 8. The molecule has 11 heteroatoms. The van der Waals surface area contributed by atoms with Gasteiger partial charge in [0.1, 0.15) is 18.2 Å². The normalized spacial score (nSPS) is 10.9. The summed E-state index contributed by atoms with van der Waals surface area (Å²) in [5.74, 6) is 0.174. The predicted molar refractivity (Wildman–Crippen MR) is 142 cm³/mol. The molecule has 3 aromatic rings. The Morgan fingerprint density at radius 3 is 2.57 bits per heavy atom. The second-order valence-corrected chi connectivity index (χ2v) is 8.94. The van der Waals surface area contributed by atoms with Gasteiger partial charge in [-0.05, 0) is 58.5 Å². The van der Waals surface area contributed by atoms with Gasteiger partial charge in [0.2, 0.25) is 0 Å². The Morgan fingerprint density at radius 1 is 1.20 bits per heavy atom. The maximum absolute atomic E-state index is 12.7. The fourth-order valence-electron chi connectivity index (χ4n) is 2.95. The van der Waals surface area contributed by atoms with Crippen LogP contribution in [0.2, 0.25) is 10.0 Å². The molecular formula is C24H16Cl2IN3O5. The van der Waals surface area contributed by atoms with Gasteiger partial charge in [-0.3, -0.25) is 14.9 Å². The molecule has 3 rings (SSSR count). The Balaban J connectivity index is 1.83. The van der Waals surface area contributed by atoms with Crippen molar-refractivity contribution in [2.24, 2.45) is 0 Å². The average Bonchev–Trinajstić information content (AvgIpc) is 2.83. The van der Waals surface area contributed by atoms with Gasteiger partial charge in [0.25, 0.3) is 11.6 Å². The molecule has 178 valence electrons. The number of anilines is 1. The highest BCUT2D eigenvalue weighted by Crippen LogP contribution is 2.36. The third-order valence-corrected chi connectivity index (χ3v) is 6.15. The number of ether oxygens (including phenoxy) is 2. The molecule has 0 atom stereocenters. The summed E-state index contributed by atoms with van der Waals surface area (Å²) in [5.41, 5.74) is 1.05. The van der Waals surface area contributed by atoms with Crippen LogP contribution in [-0.4, -0.2) is 17.9 Å². The number of carbonyl (C=O) groups is 1. The molecule has 3 aromatic carbocycles. The van der Waals surface area contributed by atoms with Gasteiger partial charge in [-0.1, -0.05) is 41.4 Å². The first-order valence-corrected chi connectivity index (χ1v) is 11.7. The molecule has 0 aliphatic carbocycles. The summed E-state index contributed by atoms with van der Waals surface area (Å²) in [6.07, 6.45) is 1.39. The quantitative estimate of drug-likeness (QED) is 0.0989. The number of nitrogens with zero attached hydrogens (tertiary/aromatic N) is 2. The molecule has 35 heavy (non-hydrogen) atoms. The summed E-state index contributed by atoms with van der Waals surface area (Å²) >= 11 is 14.3. The van der Waals surface area contributed by atoms with E-state index < -0.39 is 10.8 Å².